The summed E-state index contributed by atoms with van der Waals surface area (Å²) < 4.78 is 17.5. The van der Waals surface area contributed by atoms with Crippen LogP contribution in [0, 0.1) is 0 Å². The highest BCUT2D eigenvalue weighted by Gasteiger charge is 2.22. The molecule has 5 nitrogen and oxygen atoms in total. The second-order valence-electron chi connectivity index (χ2n) is 6.18. The standard InChI is InChI=1S/C20H21ClI2O5/c1-4-6-15(22)16(23)10-26-18-9-17(27-11(2)24)19-13(7-5-8-14(19)21)20(18)28-12(3)25/h5,7-9,15-16H,4,6,10H2,1-3H3. The fraction of sp³-hybridized carbons (Fsp3) is 0.400. The quantitative estimate of drug-likeness (QED) is 0.152. The molecule has 0 amide bonds. The Labute approximate surface area is 196 Å². The first-order chi connectivity index (χ1) is 13.2. The zero-order valence-electron chi connectivity index (χ0n) is 15.8. The fourth-order valence-electron chi connectivity index (χ4n) is 2.68. The molecule has 0 heterocycles. The Morgan fingerprint density at radius 1 is 1.07 bits per heavy atom. The third-order valence-corrected chi connectivity index (χ3v) is 8.25. The zero-order valence-corrected chi connectivity index (χ0v) is 20.8. The molecule has 2 unspecified atom stereocenters. The van der Waals surface area contributed by atoms with Gasteiger partial charge in [-0.15, -0.1) is 0 Å². The molecule has 2 aromatic rings. The average Bonchev–Trinajstić information content (AvgIpc) is 2.61. The van der Waals surface area contributed by atoms with Gasteiger partial charge in [-0.25, -0.2) is 0 Å². The van der Waals surface area contributed by atoms with Crippen LogP contribution >= 0.6 is 56.8 Å². The van der Waals surface area contributed by atoms with Crippen molar-refractivity contribution in [3.8, 4) is 17.2 Å². The summed E-state index contributed by atoms with van der Waals surface area (Å²) in [5.74, 6) is -0.0823. The monoisotopic (exact) mass is 630 g/mol. The van der Waals surface area contributed by atoms with Crippen LogP contribution in [0.25, 0.3) is 10.8 Å². The number of fused-ring (bicyclic) bond motifs is 1. The van der Waals surface area contributed by atoms with E-state index < -0.39 is 11.9 Å². The highest BCUT2D eigenvalue weighted by atomic mass is 127. The van der Waals surface area contributed by atoms with E-state index in [-0.39, 0.29) is 15.4 Å². The topological polar surface area (TPSA) is 61.8 Å². The molecule has 28 heavy (non-hydrogen) atoms. The summed E-state index contributed by atoms with van der Waals surface area (Å²) in [6.07, 6.45) is 2.18. The van der Waals surface area contributed by atoms with Crippen molar-refractivity contribution in [1.82, 2.24) is 0 Å². The predicted octanol–water partition coefficient (Wildman–Crippen LogP) is 6.13. The normalized spacial score (nSPS) is 13.1. The molecule has 0 aliphatic carbocycles. The molecule has 0 bridgehead atoms. The lowest BCUT2D eigenvalue weighted by Gasteiger charge is -2.20. The second-order valence-corrected chi connectivity index (χ2v) is 9.79. The number of carbonyl (C=O) groups is 2. The molecule has 0 N–H and O–H groups in total. The highest BCUT2D eigenvalue weighted by molar-refractivity contribution is 14.1. The third kappa shape index (κ3) is 6.09. The first kappa shape index (κ1) is 23.5. The van der Waals surface area contributed by atoms with Gasteiger partial charge in [0.1, 0.15) is 12.4 Å². The number of hydrogen-bond acceptors (Lipinski definition) is 5. The van der Waals surface area contributed by atoms with Crippen LogP contribution in [0.4, 0.5) is 0 Å². The number of esters is 2. The summed E-state index contributed by atoms with van der Waals surface area (Å²) in [4.78, 5) is 23.3. The summed E-state index contributed by atoms with van der Waals surface area (Å²) >= 11 is 11.1. The Hall–Kier alpha value is -0.810. The minimum Gasteiger partial charge on any atom is -0.488 e. The molecule has 0 radical (unpaired) electrons. The lowest BCUT2D eigenvalue weighted by molar-refractivity contribution is -0.133. The molecule has 0 spiro atoms. The first-order valence-corrected chi connectivity index (χ1v) is 11.6. The van der Waals surface area contributed by atoms with E-state index in [0.29, 0.717) is 32.1 Å². The lowest BCUT2D eigenvalue weighted by Crippen LogP contribution is -2.22. The molecule has 0 saturated carbocycles. The predicted molar refractivity (Wildman–Crippen MR) is 128 cm³/mol. The van der Waals surface area contributed by atoms with Gasteiger partial charge in [0.25, 0.3) is 0 Å². The number of hydrogen-bond donors (Lipinski definition) is 0. The van der Waals surface area contributed by atoms with Crippen molar-refractivity contribution < 1.29 is 23.8 Å². The van der Waals surface area contributed by atoms with E-state index in [0.717, 1.165) is 12.8 Å². The van der Waals surface area contributed by atoms with Crippen molar-refractivity contribution in [2.24, 2.45) is 0 Å². The number of alkyl halides is 2. The summed E-state index contributed by atoms with van der Waals surface area (Å²) in [5, 5.41) is 1.42. The molecule has 8 heteroatoms. The Kier molecular flexibility index (Phi) is 9.07. The van der Waals surface area contributed by atoms with Crippen molar-refractivity contribution in [2.75, 3.05) is 6.61 Å². The van der Waals surface area contributed by atoms with Crippen molar-refractivity contribution in [2.45, 2.75) is 41.5 Å². The molecule has 0 aromatic heterocycles. The van der Waals surface area contributed by atoms with E-state index in [1.807, 2.05) is 0 Å². The third-order valence-electron chi connectivity index (χ3n) is 3.85. The van der Waals surface area contributed by atoms with E-state index in [4.69, 9.17) is 25.8 Å². The van der Waals surface area contributed by atoms with Gasteiger partial charge in [0.2, 0.25) is 0 Å². The number of carbonyl (C=O) groups excluding carboxylic acids is 2. The van der Waals surface area contributed by atoms with E-state index in [2.05, 4.69) is 52.1 Å². The Bertz CT molecular complexity index is 871. The minimum atomic E-state index is -0.477. The number of ether oxygens (including phenoxy) is 3. The van der Waals surface area contributed by atoms with Gasteiger partial charge in [-0.1, -0.05) is 82.3 Å². The first-order valence-electron chi connectivity index (χ1n) is 8.77. The summed E-state index contributed by atoms with van der Waals surface area (Å²) in [7, 11) is 0. The van der Waals surface area contributed by atoms with E-state index in [9.17, 15) is 9.59 Å². The van der Waals surface area contributed by atoms with Crippen molar-refractivity contribution >= 4 is 79.5 Å². The van der Waals surface area contributed by atoms with Crippen LogP contribution in [0.5, 0.6) is 17.2 Å². The van der Waals surface area contributed by atoms with Crippen molar-refractivity contribution in [3.63, 3.8) is 0 Å². The molecule has 152 valence electrons. The van der Waals surface area contributed by atoms with Crippen LogP contribution in [0.1, 0.15) is 33.6 Å². The van der Waals surface area contributed by atoms with Gasteiger partial charge >= 0.3 is 11.9 Å². The van der Waals surface area contributed by atoms with E-state index in [1.54, 1.807) is 24.3 Å². The molecule has 2 aromatic carbocycles. The number of halogens is 3. The van der Waals surface area contributed by atoms with Crippen molar-refractivity contribution in [1.29, 1.82) is 0 Å². The molecule has 2 rings (SSSR count). The van der Waals surface area contributed by atoms with Crippen LogP contribution in [-0.2, 0) is 9.59 Å². The molecule has 2 atom stereocenters. The largest absolute Gasteiger partial charge is 0.488 e. The van der Waals surface area contributed by atoms with E-state index in [1.165, 1.54) is 13.8 Å². The number of benzene rings is 2. The maximum atomic E-state index is 11.7. The molecule has 0 fully saturated rings. The number of rotatable bonds is 8. The lowest BCUT2D eigenvalue weighted by atomic mass is 10.1. The van der Waals surface area contributed by atoms with Crippen LogP contribution in [-0.4, -0.2) is 26.4 Å². The second kappa shape index (κ2) is 10.8. The van der Waals surface area contributed by atoms with Crippen molar-refractivity contribution in [3.05, 3.63) is 29.3 Å². The minimum absolute atomic E-state index is 0.260. The van der Waals surface area contributed by atoms with Gasteiger partial charge in [0.15, 0.2) is 11.5 Å². The molecule has 0 aliphatic heterocycles. The van der Waals surface area contributed by atoms with Crippen LogP contribution in [0.2, 0.25) is 5.02 Å². The molecule has 0 saturated heterocycles. The zero-order chi connectivity index (χ0) is 20.8. The van der Waals surface area contributed by atoms with Gasteiger partial charge in [0.05, 0.1) is 8.95 Å². The fourth-order valence-corrected chi connectivity index (χ4v) is 4.31. The smallest absolute Gasteiger partial charge is 0.308 e. The molecular formula is C20H21ClI2O5. The summed E-state index contributed by atoms with van der Waals surface area (Å²) in [6, 6.07) is 6.72. The molecule has 0 aliphatic rings. The van der Waals surface area contributed by atoms with Gasteiger partial charge in [-0.2, -0.15) is 0 Å². The Morgan fingerprint density at radius 2 is 1.75 bits per heavy atom. The Balaban J connectivity index is 2.52. The van der Waals surface area contributed by atoms with E-state index >= 15 is 0 Å². The van der Waals surface area contributed by atoms with Crippen LogP contribution < -0.4 is 14.2 Å². The van der Waals surface area contributed by atoms with Gasteiger partial charge in [-0.05, 0) is 12.5 Å². The van der Waals surface area contributed by atoms with Crippen LogP contribution in [0.15, 0.2) is 24.3 Å². The van der Waals surface area contributed by atoms with Crippen LogP contribution in [0.3, 0.4) is 0 Å². The maximum Gasteiger partial charge on any atom is 0.308 e. The maximum absolute atomic E-state index is 11.7. The SMILES string of the molecule is CCCC(I)C(I)COc1cc(OC(C)=O)c2c(Cl)cccc2c1OC(C)=O. The summed E-state index contributed by atoms with van der Waals surface area (Å²) in [6.45, 7) is 5.21. The van der Waals surface area contributed by atoms with Gasteiger partial charge in [-0.3, -0.25) is 9.59 Å². The summed E-state index contributed by atoms with van der Waals surface area (Å²) in [5.41, 5.74) is 0. The van der Waals surface area contributed by atoms with Gasteiger partial charge < -0.3 is 14.2 Å². The average molecular weight is 631 g/mol. The Morgan fingerprint density at radius 3 is 2.36 bits per heavy atom. The molecular weight excluding hydrogens is 609 g/mol. The highest BCUT2D eigenvalue weighted by Crippen LogP contribution is 2.45. The van der Waals surface area contributed by atoms with Gasteiger partial charge in [0, 0.05) is 34.6 Å².